The smallest absolute Gasteiger partial charge is 0.242 e. The Morgan fingerprint density at radius 3 is 2.67 bits per heavy atom. The topological polar surface area (TPSA) is 76.4 Å². The third-order valence-electron chi connectivity index (χ3n) is 4.60. The van der Waals surface area contributed by atoms with Gasteiger partial charge in [0, 0.05) is 38.1 Å². The summed E-state index contributed by atoms with van der Waals surface area (Å²) in [5, 5.41) is 4.42. The summed E-state index contributed by atoms with van der Waals surface area (Å²) in [4.78, 5) is 24.5. The molecule has 1 aliphatic heterocycles. The summed E-state index contributed by atoms with van der Waals surface area (Å²) in [6.07, 6.45) is 5.40. The lowest BCUT2D eigenvalue weighted by molar-refractivity contribution is -0.129. The van der Waals surface area contributed by atoms with E-state index in [-0.39, 0.29) is 5.91 Å². The Morgan fingerprint density at radius 2 is 1.93 bits per heavy atom. The van der Waals surface area contributed by atoms with E-state index in [0.29, 0.717) is 19.0 Å². The Morgan fingerprint density at radius 1 is 1.11 bits per heavy atom. The summed E-state index contributed by atoms with van der Waals surface area (Å²) in [5.41, 5.74) is 2.59. The van der Waals surface area contributed by atoms with Crippen LogP contribution in [0.1, 0.15) is 0 Å². The lowest BCUT2D eigenvalue weighted by atomic mass is 10.2. The van der Waals surface area contributed by atoms with Gasteiger partial charge in [-0.15, -0.1) is 0 Å². The van der Waals surface area contributed by atoms with Crippen molar-refractivity contribution in [1.29, 1.82) is 0 Å². The van der Waals surface area contributed by atoms with Crippen molar-refractivity contribution in [2.75, 3.05) is 38.7 Å². The fourth-order valence-corrected chi connectivity index (χ4v) is 2.92. The summed E-state index contributed by atoms with van der Waals surface area (Å²) < 4.78 is 6.97. The number of aromatic nitrogens is 4. The quantitative estimate of drug-likeness (QED) is 0.700. The van der Waals surface area contributed by atoms with Crippen LogP contribution in [-0.2, 0) is 4.79 Å². The van der Waals surface area contributed by atoms with Gasteiger partial charge < -0.3 is 14.5 Å². The summed E-state index contributed by atoms with van der Waals surface area (Å²) in [6, 6.07) is 9.51. The Balaban J connectivity index is 1.57. The minimum atomic E-state index is 0.0718. The fraction of sp³-hybridized carbons (Fsp3) is 0.263. The van der Waals surface area contributed by atoms with E-state index >= 15 is 0 Å². The molecule has 3 heterocycles. The zero-order valence-electron chi connectivity index (χ0n) is 15.2. The monoisotopic (exact) mass is 364 g/mol. The van der Waals surface area contributed by atoms with Crippen LogP contribution >= 0.6 is 0 Å². The van der Waals surface area contributed by atoms with Crippen LogP contribution in [0.5, 0.6) is 5.75 Å². The van der Waals surface area contributed by atoms with Crippen LogP contribution in [0.2, 0.25) is 0 Å². The van der Waals surface area contributed by atoms with Crippen LogP contribution in [0.4, 0.5) is 5.95 Å². The van der Waals surface area contributed by atoms with E-state index < -0.39 is 0 Å². The highest BCUT2D eigenvalue weighted by Gasteiger charge is 2.23. The van der Waals surface area contributed by atoms with E-state index in [1.54, 1.807) is 29.1 Å². The number of hydrogen-bond acceptors (Lipinski definition) is 6. The molecule has 138 valence electrons. The number of anilines is 1. The SMILES string of the molecule is COc1ccc(-n2cc(-c3ccnc(N4CCN(C)C(=O)C4)n3)cn2)cc1. The second-order valence-electron chi connectivity index (χ2n) is 6.35. The molecule has 0 spiro atoms. The molecule has 0 N–H and O–H groups in total. The number of benzene rings is 1. The van der Waals surface area contributed by atoms with Crippen LogP contribution in [0, 0.1) is 0 Å². The molecule has 1 fully saturated rings. The first-order valence-corrected chi connectivity index (χ1v) is 8.65. The Hall–Kier alpha value is -3.42. The Labute approximate surface area is 157 Å². The van der Waals surface area contributed by atoms with Gasteiger partial charge in [0.05, 0.1) is 31.2 Å². The molecule has 8 heteroatoms. The van der Waals surface area contributed by atoms with Crippen molar-refractivity contribution < 1.29 is 9.53 Å². The van der Waals surface area contributed by atoms with E-state index in [2.05, 4.69) is 15.1 Å². The standard InChI is InChI=1S/C19H20N6O2/c1-23-9-10-24(13-18(23)26)19-20-8-7-17(22-19)14-11-21-25(12-14)15-3-5-16(27-2)6-4-15/h3-8,11-12H,9-10,13H2,1-2H3. The fourth-order valence-electron chi connectivity index (χ4n) is 2.92. The number of ether oxygens (including phenoxy) is 1. The van der Waals surface area contributed by atoms with E-state index in [4.69, 9.17) is 4.74 Å². The van der Waals surface area contributed by atoms with Crippen LogP contribution in [-0.4, -0.2) is 64.3 Å². The maximum atomic E-state index is 11.9. The van der Waals surface area contributed by atoms with Crippen LogP contribution in [0.25, 0.3) is 16.9 Å². The normalized spacial score (nSPS) is 14.5. The summed E-state index contributed by atoms with van der Waals surface area (Å²) >= 11 is 0. The molecule has 4 rings (SSSR count). The summed E-state index contributed by atoms with van der Waals surface area (Å²) in [5.74, 6) is 1.43. The third kappa shape index (κ3) is 3.46. The molecule has 8 nitrogen and oxygen atoms in total. The molecular formula is C19H20N6O2. The van der Waals surface area contributed by atoms with E-state index in [1.165, 1.54) is 0 Å². The molecule has 3 aromatic rings. The molecule has 0 unspecified atom stereocenters. The Bertz CT molecular complexity index is 953. The average Bonchev–Trinajstić information content (AvgIpc) is 3.20. The van der Waals surface area contributed by atoms with E-state index in [9.17, 15) is 4.79 Å². The Kier molecular flexibility index (Phi) is 4.45. The molecule has 1 saturated heterocycles. The molecule has 2 aromatic heterocycles. The molecule has 1 aliphatic rings. The van der Waals surface area contributed by atoms with Crippen molar-refractivity contribution in [3.05, 3.63) is 48.9 Å². The first-order valence-electron chi connectivity index (χ1n) is 8.65. The van der Waals surface area contributed by atoms with Gasteiger partial charge in [-0.05, 0) is 30.3 Å². The number of likely N-dealkylation sites (N-methyl/N-ethyl adjacent to an activating group) is 1. The first-order chi connectivity index (χ1) is 13.1. The van der Waals surface area contributed by atoms with Crippen LogP contribution in [0.15, 0.2) is 48.9 Å². The average molecular weight is 364 g/mol. The zero-order chi connectivity index (χ0) is 18.8. The number of methoxy groups -OCH3 is 1. The number of carbonyl (C=O) groups is 1. The lowest BCUT2D eigenvalue weighted by Crippen LogP contribution is -2.49. The van der Waals surface area contributed by atoms with Gasteiger partial charge in [0.2, 0.25) is 11.9 Å². The molecule has 0 aliphatic carbocycles. The predicted octanol–water partition coefficient (Wildman–Crippen LogP) is 1.62. The molecule has 27 heavy (non-hydrogen) atoms. The van der Waals surface area contributed by atoms with Crippen molar-refractivity contribution in [2.24, 2.45) is 0 Å². The lowest BCUT2D eigenvalue weighted by Gasteiger charge is -2.31. The van der Waals surface area contributed by atoms with Gasteiger partial charge in [-0.2, -0.15) is 5.10 Å². The number of rotatable bonds is 4. The maximum Gasteiger partial charge on any atom is 0.242 e. The molecule has 0 radical (unpaired) electrons. The van der Waals surface area contributed by atoms with E-state index in [0.717, 1.165) is 29.2 Å². The van der Waals surface area contributed by atoms with Crippen molar-refractivity contribution in [1.82, 2.24) is 24.6 Å². The molecular weight excluding hydrogens is 344 g/mol. The van der Waals surface area contributed by atoms with Crippen LogP contribution in [0.3, 0.4) is 0 Å². The van der Waals surface area contributed by atoms with E-state index in [1.807, 2.05) is 48.5 Å². The van der Waals surface area contributed by atoms with Crippen molar-refractivity contribution in [3.63, 3.8) is 0 Å². The molecule has 0 atom stereocenters. The number of carbonyl (C=O) groups excluding carboxylic acids is 1. The molecule has 1 aromatic carbocycles. The van der Waals surface area contributed by atoms with Crippen molar-refractivity contribution in [3.8, 4) is 22.7 Å². The van der Waals surface area contributed by atoms with Gasteiger partial charge in [0.1, 0.15) is 5.75 Å². The third-order valence-corrected chi connectivity index (χ3v) is 4.60. The van der Waals surface area contributed by atoms with Crippen LogP contribution < -0.4 is 9.64 Å². The number of amides is 1. The highest BCUT2D eigenvalue weighted by atomic mass is 16.5. The number of hydrogen-bond donors (Lipinski definition) is 0. The predicted molar refractivity (Wildman–Crippen MR) is 101 cm³/mol. The number of nitrogens with zero attached hydrogens (tertiary/aromatic N) is 6. The zero-order valence-corrected chi connectivity index (χ0v) is 15.2. The second kappa shape index (κ2) is 7.06. The first kappa shape index (κ1) is 17.0. The van der Waals surface area contributed by atoms with Gasteiger partial charge in [-0.3, -0.25) is 4.79 Å². The van der Waals surface area contributed by atoms with Gasteiger partial charge in [0.25, 0.3) is 0 Å². The molecule has 1 amide bonds. The van der Waals surface area contributed by atoms with Gasteiger partial charge in [0.15, 0.2) is 0 Å². The minimum absolute atomic E-state index is 0.0718. The molecule has 0 bridgehead atoms. The number of piperazine rings is 1. The summed E-state index contributed by atoms with van der Waals surface area (Å²) in [7, 11) is 3.45. The van der Waals surface area contributed by atoms with Gasteiger partial charge in [-0.25, -0.2) is 14.6 Å². The van der Waals surface area contributed by atoms with Crippen molar-refractivity contribution >= 4 is 11.9 Å². The maximum absolute atomic E-state index is 11.9. The van der Waals surface area contributed by atoms with Gasteiger partial charge >= 0.3 is 0 Å². The minimum Gasteiger partial charge on any atom is -0.497 e. The highest BCUT2D eigenvalue weighted by molar-refractivity contribution is 5.82. The van der Waals surface area contributed by atoms with Crippen molar-refractivity contribution in [2.45, 2.75) is 0 Å². The second-order valence-corrected chi connectivity index (χ2v) is 6.35. The largest absolute Gasteiger partial charge is 0.497 e. The highest BCUT2D eigenvalue weighted by Crippen LogP contribution is 2.21. The summed E-state index contributed by atoms with van der Waals surface area (Å²) in [6.45, 7) is 1.68. The molecule has 0 saturated carbocycles. The van der Waals surface area contributed by atoms with Gasteiger partial charge in [-0.1, -0.05) is 0 Å².